The molecule has 0 aliphatic heterocycles. The molecule has 0 amide bonds. The van der Waals surface area contributed by atoms with Crippen molar-refractivity contribution >= 4 is 31.9 Å². The number of H-pyrrole nitrogens is 1. The summed E-state index contributed by atoms with van der Waals surface area (Å²) in [5.74, 6) is 0.146. The van der Waals surface area contributed by atoms with Crippen molar-refractivity contribution in [3.63, 3.8) is 0 Å². The molecule has 177 valence electrons. The van der Waals surface area contributed by atoms with E-state index in [-0.39, 0.29) is 17.9 Å². The second kappa shape index (κ2) is 10.0. The van der Waals surface area contributed by atoms with Gasteiger partial charge in [0.15, 0.2) is 5.82 Å². The topological polar surface area (TPSA) is 90.2 Å². The fourth-order valence-corrected chi connectivity index (χ4v) is 4.33. The van der Waals surface area contributed by atoms with E-state index in [2.05, 4.69) is 19.6 Å². The number of halogens is 3. The Morgan fingerprint density at radius 3 is 2.54 bits per heavy atom. The normalized spacial score (nSPS) is 11.5. The molecular weight excluding hydrogens is 481 g/mol. The Kier molecular flexibility index (Phi) is 7.06. The molecule has 13 heteroatoms. The molecule has 0 fully saturated rings. The summed E-state index contributed by atoms with van der Waals surface area (Å²) in [4.78, 5) is 19.1. The van der Waals surface area contributed by atoms with Gasteiger partial charge in [0, 0.05) is 11.6 Å². The first kappa shape index (κ1) is 24.6. The quantitative estimate of drug-likeness (QED) is 0.372. The molecule has 0 saturated carbocycles. The van der Waals surface area contributed by atoms with Crippen LogP contribution in [0.3, 0.4) is 0 Å². The maximum Gasteiger partial charge on any atom is 0.439 e. The average molecular weight is 498 g/mol. The van der Waals surface area contributed by atoms with E-state index in [4.69, 9.17) is 17.3 Å². The van der Waals surface area contributed by atoms with Crippen LogP contribution in [0.2, 0.25) is 6.82 Å². The summed E-state index contributed by atoms with van der Waals surface area (Å²) >= 11 is 1.33. The van der Waals surface area contributed by atoms with Gasteiger partial charge in [-0.25, -0.2) is 9.78 Å². The molecule has 2 aromatic heterocycles. The highest BCUT2D eigenvalue weighted by molar-refractivity contribution is 7.15. The zero-order valence-corrected chi connectivity index (χ0v) is 19.4. The van der Waals surface area contributed by atoms with Crippen LogP contribution in [-0.4, -0.2) is 37.4 Å². The standard InChI is InChI=1S/C22H17B2F3N3O4S/c1-24-9-15-18(35-20(28-15)11-3-5-12(6-4-11)22(25,26)27)10-33-17-8-16(32-2)13(7-14(17)23)19-29-21(31)34-30-19/h3-8H,9-10H2,1-2H3,(H,29,30,31). The summed E-state index contributed by atoms with van der Waals surface area (Å²) in [7, 11) is 9.53. The Morgan fingerprint density at radius 1 is 1.20 bits per heavy atom. The van der Waals surface area contributed by atoms with Crippen LogP contribution in [0.1, 0.15) is 16.1 Å². The minimum absolute atomic E-state index is 0.134. The predicted molar refractivity (Wildman–Crippen MR) is 127 cm³/mol. The number of ether oxygens (including phenoxy) is 2. The van der Waals surface area contributed by atoms with E-state index in [1.807, 2.05) is 14.1 Å². The smallest absolute Gasteiger partial charge is 0.439 e. The number of nitrogens with zero attached hydrogens (tertiary/aromatic N) is 2. The van der Waals surface area contributed by atoms with Crippen LogP contribution in [0.15, 0.2) is 45.7 Å². The van der Waals surface area contributed by atoms with E-state index in [1.165, 1.54) is 30.6 Å². The van der Waals surface area contributed by atoms with Gasteiger partial charge in [-0.05, 0) is 18.5 Å². The van der Waals surface area contributed by atoms with Crippen LogP contribution in [0.4, 0.5) is 13.2 Å². The maximum atomic E-state index is 12.9. The van der Waals surface area contributed by atoms with Crippen LogP contribution < -0.4 is 20.7 Å². The van der Waals surface area contributed by atoms with Crippen molar-refractivity contribution in [2.24, 2.45) is 0 Å². The lowest BCUT2D eigenvalue weighted by atomic mass is 9.76. The zero-order valence-electron chi connectivity index (χ0n) is 18.6. The lowest BCUT2D eigenvalue weighted by Crippen LogP contribution is -2.11. The second-order valence-electron chi connectivity index (χ2n) is 7.40. The molecule has 4 aromatic rings. The summed E-state index contributed by atoms with van der Waals surface area (Å²) in [6.07, 6.45) is -3.84. The molecule has 2 heterocycles. The van der Waals surface area contributed by atoms with Crippen LogP contribution in [0.25, 0.3) is 22.0 Å². The third kappa shape index (κ3) is 5.45. The van der Waals surface area contributed by atoms with E-state index >= 15 is 0 Å². The molecule has 0 atom stereocenters. The van der Waals surface area contributed by atoms with Gasteiger partial charge in [-0.1, -0.05) is 35.6 Å². The highest BCUT2D eigenvalue weighted by atomic mass is 32.1. The number of aromatic amines is 1. The average Bonchev–Trinajstić information content (AvgIpc) is 3.44. The number of nitrogens with one attached hydrogen (secondary N) is 1. The minimum Gasteiger partial charge on any atom is -0.496 e. The number of alkyl halides is 3. The SMILES string of the molecule is [B]c1cc(-c2noc(=O)[nH]2)c(OC)cc1OCc1sc(-c2ccc(C(F)(F)F)cc2)nc1C[B]C. The summed E-state index contributed by atoms with van der Waals surface area (Å²) in [6.45, 7) is 2.02. The summed E-state index contributed by atoms with van der Waals surface area (Å²) in [5, 5.41) is 4.24. The number of rotatable bonds is 8. The van der Waals surface area contributed by atoms with Crippen molar-refractivity contribution in [3.05, 3.63) is 63.1 Å². The van der Waals surface area contributed by atoms with E-state index in [9.17, 15) is 18.0 Å². The molecule has 35 heavy (non-hydrogen) atoms. The van der Waals surface area contributed by atoms with Gasteiger partial charge in [-0.15, -0.1) is 11.3 Å². The fraction of sp³-hybridized carbons (Fsp3) is 0.227. The first-order valence-corrected chi connectivity index (χ1v) is 11.1. The van der Waals surface area contributed by atoms with Crippen LogP contribution >= 0.6 is 11.3 Å². The summed E-state index contributed by atoms with van der Waals surface area (Å²) < 4.78 is 54.5. The highest BCUT2D eigenvalue weighted by Crippen LogP contribution is 2.34. The van der Waals surface area contributed by atoms with Gasteiger partial charge >= 0.3 is 11.9 Å². The van der Waals surface area contributed by atoms with Gasteiger partial charge in [0.25, 0.3) is 0 Å². The fourth-order valence-electron chi connectivity index (χ4n) is 3.32. The Hall–Kier alpha value is -3.47. The van der Waals surface area contributed by atoms with Crippen molar-refractivity contribution in [3.8, 4) is 33.5 Å². The minimum atomic E-state index is -4.40. The largest absolute Gasteiger partial charge is 0.496 e. The van der Waals surface area contributed by atoms with Gasteiger partial charge in [-0.3, -0.25) is 9.51 Å². The number of methoxy groups -OCH3 is 1. The second-order valence-corrected chi connectivity index (χ2v) is 8.48. The molecule has 4 rings (SSSR count). The van der Waals surface area contributed by atoms with Crippen molar-refractivity contribution in [2.45, 2.75) is 25.9 Å². The Morgan fingerprint density at radius 2 is 1.94 bits per heavy atom. The summed E-state index contributed by atoms with van der Waals surface area (Å²) in [6, 6.07) is 8.00. The summed E-state index contributed by atoms with van der Waals surface area (Å²) in [5.41, 5.74) is 1.33. The molecule has 1 N–H and O–H groups in total. The molecule has 0 aliphatic carbocycles. The third-order valence-corrected chi connectivity index (χ3v) is 6.14. The van der Waals surface area contributed by atoms with E-state index in [0.717, 1.165) is 22.7 Å². The lowest BCUT2D eigenvalue weighted by molar-refractivity contribution is -0.137. The van der Waals surface area contributed by atoms with Crippen LogP contribution in [0, 0.1) is 0 Å². The van der Waals surface area contributed by atoms with Crippen molar-refractivity contribution in [2.75, 3.05) is 7.11 Å². The van der Waals surface area contributed by atoms with Gasteiger partial charge in [0.2, 0.25) is 0 Å². The molecule has 0 bridgehead atoms. The van der Waals surface area contributed by atoms with Crippen LogP contribution in [-0.2, 0) is 19.1 Å². The molecule has 0 unspecified atom stereocenters. The Balaban J connectivity index is 1.58. The maximum absolute atomic E-state index is 12.9. The van der Waals surface area contributed by atoms with Crippen LogP contribution in [0.5, 0.6) is 11.5 Å². The first-order chi connectivity index (χ1) is 16.7. The van der Waals surface area contributed by atoms with Gasteiger partial charge in [-0.2, -0.15) is 13.2 Å². The number of aromatic nitrogens is 3. The van der Waals surface area contributed by atoms with Crippen molar-refractivity contribution < 1.29 is 27.2 Å². The van der Waals surface area contributed by atoms with E-state index in [0.29, 0.717) is 34.0 Å². The molecule has 7 nitrogen and oxygen atoms in total. The monoisotopic (exact) mass is 498 g/mol. The predicted octanol–water partition coefficient (Wildman–Crippen LogP) is 3.81. The van der Waals surface area contributed by atoms with Gasteiger partial charge in [0.05, 0.1) is 28.8 Å². The van der Waals surface area contributed by atoms with Gasteiger partial charge in [0.1, 0.15) is 38.2 Å². The van der Waals surface area contributed by atoms with Crippen molar-refractivity contribution in [1.29, 1.82) is 0 Å². The van der Waals surface area contributed by atoms with Gasteiger partial charge < -0.3 is 9.47 Å². The Labute approximate surface area is 203 Å². The highest BCUT2D eigenvalue weighted by Gasteiger charge is 2.30. The number of hydrogen-bond donors (Lipinski definition) is 1. The van der Waals surface area contributed by atoms with E-state index in [1.54, 1.807) is 12.1 Å². The van der Waals surface area contributed by atoms with E-state index < -0.39 is 17.5 Å². The molecule has 2 aromatic carbocycles. The lowest BCUT2D eigenvalue weighted by Gasteiger charge is -2.13. The Bertz CT molecular complexity index is 1380. The molecule has 0 saturated heterocycles. The first-order valence-electron chi connectivity index (χ1n) is 10.3. The molecular formula is C22H17B2F3N3O4S. The number of hydrogen-bond acceptors (Lipinski definition) is 7. The van der Waals surface area contributed by atoms with Crippen molar-refractivity contribution in [1.82, 2.24) is 15.1 Å². The molecule has 3 radical (unpaired) electrons. The number of thiazole rings is 1. The number of benzene rings is 2. The zero-order chi connectivity index (χ0) is 25.2. The third-order valence-electron chi connectivity index (χ3n) is 5.02. The molecule has 0 spiro atoms. The molecule has 0 aliphatic rings.